The normalized spacial score (nSPS) is 18.5. The van der Waals surface area contributed by atoms with E-state index in [0.717, 1.165) is 17.8 Å². The van der Waals surface area contributed by atoms with Gasteiger partial charge in [0.1, 0.15) is 0 Å². The highest BCUT2D eigenvalue weighted by Crippen LogP contribution is 2.37. The van der Waals surface area contributed by atoms with Gasteiger partial charge in [0.15, 0.2) is 0 Å². The Balaban J connectivity index is 1.98. The van der Waals surface area contributed by atoms with Gasteiger partial charge in [-0.3, -0.25) is 9.59 Å². The van der Waals surface area contributed by atoms with E-state index in [4.69, 9.17) is 17.3 Å². The fraction of sp³-hybridized carbons (Fsp3) is 0.467. The Morgan fingerprint density at radius 1 is 1.38 bits per heavy atom. The topological polar surface area (TPSA) is 63.4 Å². The lowest BCUT2D eigenvalue weighted by Crippen LogP contribution is -2.44. The highest BCUT2D eigenvalue weighted by Gasteiger charge is 2.33. The molecular formula is C15H16ClF3N2O2S. The molecule has 2 N–H and O–H groups in total. The minimum Gasteiger partial charge on any atom is -0.369 e. The van der Waals surface area contributed by atoms with Crippen molar-refractivity contribution in [2.24, 2.45) is 11.7 Å². The summed E-state index contributed by atoms with van der Waals surface area (Å²) in [5.41, 5.74) is 4.34. The molecule has 1 saturated heterocycles. The van der Waals surface area contributed by atoms with Crippen LogP contribution in [-0.4, -0.2) is 35.6 Å². The van der Waals surface area contributed by atoms with Crippen LogP contribution in [0, 0.1) is 5.92 Å². The predicted molar refractivity (Wildman–Crippen MR) is 85.7 cm³/mol. The van der Waals surface area contributed by atoms with Gasteiger partial charge in [0.05, 0.1) is 22.3 Å². The smallest absolute Gasteiger partial charge is 0.369 e. The minimum atomic E-state index is -4.54. The summed E-state index contributed by atoms with van der Waals surface area (Å²) in [5, 5.41) is -0.376. The van der Waals surface area contributed by atoms with Gasteiger partial charge >= 0.3 is 6.18 Å². The molecule has 1 fully saturated rings. The molecule has 0 aliphatic carbocycles. The number of nitrogens with two attached hydrogens (primary N) is 1. The first kappa shape index (κ1) is 18.9. The van der Waals surface area contributed by atoms with E-state index < -0.39 is 17.6 Å². The second kappa shape index (κ2) is 7.65. The largest absolute Gasteiger partial charge is 0.417 e. The number of likely N-dealkylation sites (tertiary alicyclic amines) is 1. The quantitative estimate of drug-likeness (QED) is 0.816. The molecule has 0 aromatic heterocycles. The summed E-state index contributed by atoms with van der Waals surface area (Å²) >= 11 is 6.57. The van der Waals surface area contributed by atoms with Gasteiger partial charge in [-0.05, 0) is 31.0 Å². The Morgan fingerprint density at radius 3 is 2.71 bits per heavy atom. The number of halogens is 4. The molecule has 1 aliphatic heterocycles. The second-order valence-corrected chi connectivity index (χ2v) is 6.97. The third kappa shape index (κ3) is 4.80. The molecule has 2 amide bonds. The van der Waals surface area contributed by atoms with Crippen molar-refractivity contribution in [2.45, 2.75) is 23.9 Å². The zero-order chi connectivity index (χ0) is 17.9. The highest BCUT2D eigenvalue weighted by atomic mass is 35.5. The maximum atomic E-state index is 12.8. The van der Waals surface area contributed by atoms with Crippen LogP contribution in [0.1, 0.15) is 18.4 Å². The van der Waals surface area contributed by atoms with Crippen molar-refractivity contribution in [3.8, 4) is 0 Å². The average molecular weight is 381 g/mol. The van der Waals surface area contributed by atoms with Crippen molar-refractivity contribution >= 4 is 35.2 Å². The zero-order valence-corrected chi connectivity index (χ0v) is 14.2. The molecular weight excluding hydrogens is 365 g/mol. The van der Waals surface area contributed by atoms with E-state index in [1.165, 1.54) is 17.0 Å². The SMILES string of the molecule is NC(=O)[C@H]1CCCN(C(=O)CSc2ccc(Cl)c(C(F)(F)F)c2)C1. The number of alkyl halides is 3. The van der Waals surface area contributed by atoms with E-state index >= 15 is 0 Å². The van der Waals surface area contributed by atoms with Crippen LogP contribution in [0.25, 0.3) is 0 Å². The number of thioether (sulfide) groups is 1. The summed E-state index contributed by atoms with van der Waals surface area (Å²) in [5.74, 6) is -1.04. The number of benzene rings is 1. The van der Waals surface area contributed by atoms with E-state index in [1.807, 2.05) is 0 Å². The van der Waals surface area contributed by atoms with Gasteiger partial charge in [-0.2, -0.15) is 13.2 Å². The van der Waals surface area contributed by atoms with Gasteiger partial charge in [-0.25, -0.2) is 0 Å². The number of rotatable bonds is 4. The first-order valence-electron chi connectivity index (χ1n) is 7.25. The van der Waals surface area contributed by atoms with E-state index in [9.17, 15) is 22.8 Å². The first-order chi connectivity index (χ1) is 11.2. The lowest BCUT2D eigenvalue weighted by Gasteiger charge is -2.31. The lowest BCUT2D eigenvalue weighted by molar-refractivity contribution is -0.137. The van der Waals surface area contributed by atoms with Crippen LogP contribution in [-0.2, 0) is 15.8 Å². The number of hydrogen-bond donors (Lipinski definition) is 1. The van der Waals surface area contributed by atoms with Gasteiger partial charge in [-0.15, -0.1) is 11.8 Å². The molecule has 0 radical (unpaired) electrons. The monoisotopic (exact) mass is 380 g/mol. The van der Waals surface area contributed by atoms with E-state index in [-0.39, 0.29) is 29.1 Å². The van der Waals surface area contributed by atoms with E-state index in [1.54, 1.807) is 0 Å². The first-order valence-corrected chi connectivity index (χ1v) is 8.61. The summed E-state index contributed by atoms with van der Waals surface area (Å²) < 4.78 is 38.5. The molecule has 24 heavy (non-hydrogen) atoms. The maximum Gasteiger partial charge on any atom is 0.417 e. The summed E-state index contributed by atoms with van der Waals surface area (Å²) in [7, 11) is 0. The van der Waals surface area contributed by atoms with Crippen molar-refractivity contribution in [2.75, 3.05) is 18.8 Å². The molecule has 0 bridgehead atoms. The average Bonchev–Trinajstić information content (AvgIpc) is 2.52. The summed E-state index contributed by atoms with van der Waals surface area (Å²) in [6, 6.07) is 3.54. The molecule has 1 atom stereocenters. The standard InChI is InChI=1S/C15H16ClF3N2O2S/c16-12-4-3-10(6-11(12)15(17,18)19)24-8-13(22)21-5-1-2-9(7-21)14(20)23/h3-4,6,9H,1-2,5,7-8H2,(H2,20,23)/t9-/m0/s1. The molecule has 0 unspecified atom stereocenters. The van der Waals surface area contributed by atoms with Gasteiger partial charge in [0.25, 0.3) is 0 Å². The molecule has 4 nitrogen and oxygen atoms in total. The molecule has 0 spiro atoms. The Bertz CT molecular complexity index is 640. The fourth-order valence-corrected chi connectivity index (χ4v) is 3.55. The van der Waals surface area contributed by atoms with E-state index in [0.29, 0.717) is 24.3 Å². The van der Waals surface area contributed by atoms with Gasteiger partial charge < -0.3 is 10.6 Å². The Hall–Kier alpha value is -1.41. The number of nitrogens with zero attached hydrogens (tertiary/aromatic N) is 1. The molecule has 2 rings (SSSR count). The summed E-state index contributed by atoms with van der Waals surface area (Å²) in [6.45, 7) is 0.792. The van der Waals surface area contributed by atoms with Crippen molar-refractivity contribution in [3.05, 3.63) is 28.8 Å². The van der Waals surface area contributed by atoms with E-state index in [2.05, 4.69) is 0 Å². The maximum absolute atomic E-state index is 12.8. The van der Waals surface area contributed by atoms with Crippen LogP contribution in [0.4, 0.5) is 13.2 Å². The van der Waals surface area contributed by atoms with Gasteiger partial charge in [-0.1, -0.05) is 11.6 Å². The van der Waals surface area contributed by atoms with Gasteiger partial charge in [0.2, 0.25) is 11.8 Å². The molecule has 132 valence electrons. The van der Waals surface area contributed by atoms with Crippen molar-refractivity contribution in [1.29, 1.82) is 0 Å². The molecule has 9 heteroatoms. The lowest BCUT2D eigenvalue weighted by atomic mass is 9.97. The van der Waals surface area contributed by atoms with Crippen LogP contribution in [0.5, 0.6) is 0 Å². The number of hydrogen-bond acceptors (Lipinski definition) is 3. The number of piperidine rings is 1. The second-order valence-electron chi connectivity index (χ2n) is 5.51. The van der Waals surface area contributed by atoms with Crippen LogP contribution < -0.4 is 5.73 Å². The Kier molecular flexibility index (Phi) is 6.03. The van der Waals surface area contributed by atoms with Crippen LogP contribution >= 0.6 is 23.4 Å². The molecule has 1 aliphatic rings. The fourth-order valence-electron chi connectivity index (χ4n) is 2.48. The van der Waals surface area contributed by atoms with Gasteiger partial charge in [0, 0.05) is 18.0 Å². The number of amides is 2. The highest BCUT2D eigenvalue weighted by molar-refractivity contribution is 8.00. The summed E-state index contributed by atoms with van der Waals surface area (Å²) in [4.78, 5) is 25.3. The van der Waals surface area contributed by atoms with Crippen molar-refractivity contribution in [1.82, 2.24) is 4.90 Å². The predicted octanol–water partition coefficient (Wildman–Crippen LogP) is 3.17. The zero-order valence-electron chi connectivity index (χ0n) is 12.6. The molecule has 1 aromatic rings. The number of primary amides is 1. The molecule has 0 saturated carbocycles. The van der Waals surface area contributed by atoms with Crippen LogP contribution in [0.2, 0.25) is 5.02 Å². The molecule has 1 aromatic carbocycles. The number of carbonyl (C=O) groups excluding carboxylic acids is 2. The Labute approximate surface area is 146 Å². The Morgan fingerprint density at radius 2 is 2.08 bits per heavy atom. The summed E-state index contributed by atoms with van der Waals surface area (Å²) in [6.07, 6.45) is -3.21. The van der Waals surface area contributed by atoms with Crippen LogP contribution in [0.15, 0.2) is 23.1 Å². The van der Waals surface area contributed by atoms with Crippen LogP contribution in [0.3, 0.4) is 0 Å². The third-order valence-electron chi connectivity index (χ3n) is 3.78. The van der Waals surface area contributed by atoms with Crippen molar-refractivity contribution in [3.63, 3.8) is 0 Å². The van der Waals surface area contributed by atoms with Crippen molar-refractivity contribution < 1.29 is 22.8 Å². The number of carbonyl (C=O) groups is 2. The molecule has 1 heterocycles. The third-order valence-corrected chi connectivity index (χ3v) is 5.09. The minimum absolute atomic E-state index is 0.00951.